The summed E-state index contributed by atoms with van der Waals surface area (Å²) < 4.78 is 12.0. The Morgan fingerprint density at radius 3 is 2.32 bits per heavy atom. The van der Waals surface area contributed by atoms with Gasteiger partial charge < -0.3 is 14.6 Å². The van der Waals surface area contributed by atoms with E-state index >= 15 is 0 Å². The number of nitrogens with one attached hydrogen (secondary N) is 1. The maximum absolute atomic E-state index is 11.2. The van der Waals surface area contributed by atoms with Crippen LogP contribution >= 0.6 is 11.6 Å². The van der Waals surface area contributed by atoms with Crippen molar-refractivity contribution in [3.63, 3.8) is 0 Å². The van der Waals surface area contributed by atoms with Gasteiger partial charge in [0.2, 0.25) is 0 Å². The molecule has 0 aliphatic rings. The summed E-state index contributed by atoms with van der Waals surface area (Å²) in [5.41, 5.74) is 3.14. The summed E-state index contributed by atoms with van der Waals surface area (Å²) in [5.74, 6) is 0.0880. The van der Waals surface area contributed by atoms with Gasteiger partial charge >= 0.3 is 5.97 Å². The number of hydrogen-bond donors (Lipinski definition) is 2. The molecule has 0 radical (unpaired) electrons. The second kappa shape index (κ2) is 9.36. The number of hydrogen-bond acceptors (Lipinski definition) is 4. The first-order valence-corrected chi connectivity index (χ1v) is 9.93. The largest absolute Gasteiger partial charge is 0.489 e. The molecular weight excluding hydrogens is 416 g/mol. The van der Waals surface area contributed by atoms with E-state index < -0.39 is 5.97 Å². The molecule has 4 aromatic rings. The molecular formula is C24H19ClN2O4. The molecule has 3 aromatic carbocycles. The van der Waals surface area contributed by atoms with Gasteiger partial charge in [-0.1, -0.05) is 54.1 Å². The highest BCUT2D eigenvalue weighted by Gasteiger charge is 2.15. The average molecular weight is 435 g/mol. The van der Waals surface area contributed by atoms with Crippen molar-refractivity contribution in [1.82, 2.24) is 10.2 Å². The van der Waals surface area contributed by atoms with Gasteiger partial charge in [-0.25, -0.2) is 4.79 Å². The minimum Gasteiger partial charge on any atom is -0.489 e. The van der Waals surface area contributed by atoms with Gasteiger partial charge in [0.25, 0.3) is 0 Å². The fourth-order valence-electron chi connectivity index (χ4n) is 2.98. The van der Waals surface area contributed by atoms with Gasteiger partial charge in [-0.2, -0.15) is 5.10 Å². The van der Waals surface area contributed by atoms with Crippen LogP contribution in [0.1, 0.15) is 21.6 Å². The predicted octanol–water partition coefficient (Wildman–Crippen LogP) is 5.59. The van der Waals surface area contributed by atoms with Crippen molar-refractivity contribution >= 4 is 17.6 Å². The van der Waals surface area contributed by atoms with Gasteiger partial charge in [0.1, 0.15) is 30.4 Å². The van der Waals surface area contributed by atoms with E-state index in [2.05, 4.69) is 10.2 Å². The second-order valence-corrected chi connectivity index (χ2v) is 7.26. The molecule has 0 spiro atoms. The van der Waals surface area contributed by atoms with Crippen LogP contribution in [0.4, 0.5) is 0 Å². The summed E-state index contributed by atoms with van der Waals surface area (Å²) in [6.07, 6.45) is 0. The quantitative estimate of drug-likeness (QED) is 0.378. The van der Waals surface area contributed by atoms with Crippen LogP contribution in [0.15, 0.2) is 78.9 Å². The monoisotopic (exact) mass is 434 g/mol. The number of halogens is 1. The number of carboxylic acid groups (broad SMARTS) is 1. The minimum absolute atomic E-state index is 0.00655. The number of aromatic amines is 1. The van der Waals surface area contributed by atoms with Crippen LogP contribution in [-0.2, 0) is 13.2 Å². The molecule has 7 heteroatoms. The first-order chi connectivity index (χ1) is 15.1. The Kier molecular flexibility index (Phi) is 6.19. The number of aromatic carboxylic acids is 1. The highest BCUT2D eigenvalue weighted by atomic mass is 35.5. The first kappa shape index (κ1) is 20.5. The first-order valence-electron chi connectivity index (χ1n) is 9.55. The van der Waals surface area contributed by atoms with Crippen molar-refractivity contribution in [2.24, 2.45) is 0 Å². The van der Waals surface area contributed by atoms with Gasteiger partial charge in [0, 0.05) is 16.7 Å². The number of nitrogens with zero attached hydrogens (tertiary/aromatic N) is 1. The van der Waals surface area contributed by atoms with Gasteiger partial charge in [0.05, 0.1) is 5.69 Å². The molecule has 156 valence electrons. The van der Waals surface area contributed by atoms with Gasteiger partial charge in [0.15, 0.2) is 0 Å². The molecule has 6 nitrogen and oxygen atoms in total. The average Bonchev–Trinajstić information content (AvgIpc) is 3.28. The molecule has 2 N–H and O–H groups in total. The van der Waals surface area contributed by atoms with Crippen LogP contribution < -0.4 is 9.47 Å². The Morgan fingerprint density at radius 2 is 1.61 bits per heavy atom. The van der Waals surface area contributed by atoms with Crippen molar-refractivity contribution < 1.29 is 19.4 Å². The summed E-state index contributed by atoms with van der Waals surface area (Å²) in [5, 5.41) is 16.5. The summed E-state index contributed by atoms with van der Waals surface area (Å²) in [6, 6.07) is 24.1. The zero-order chi connectivity index (χ0) is 21.6. The van der Waals surface area contributed by atoms with Crippen LogP contribution in [0.25, 0.3) is 11.3 Å². The third-order valence-electron chi connectivity index (χ3n) is 4.59. The zero-order valence-electron chi connectivity index (χ0n) is 16.4. The summed E-state index contributed by atoms with van der Waals surface area (Å²) in [7, 11) is 0. The normalized spacial score (nSPS) is 10.6. The van der Waals surface area contributed by atoms with Crippen LogP contribution in [0.5, 0.6) is 11.5 Å². The lowest BCUT2D eigenvalue weighted by molar-refractivity contribution is 0.0690. The lowest BCUT2D eigenvalue weighted by Gasteiger charge is -2.13. The molecule has 1 aromatic heterocycles. The van der Waals surface area contributed by atoms with Crippen molar-refractivity contribution in [2.75, 3.05) is 0 Å². The molecule has 0 saturated carbocycles. The molecule has 0 aliphatic heterocycles. The Bertz CT molecular complexity index is 1170. The van der Waals surface area contributed by atoms with Crippen LogP contribution in [0.2, 0.25) is 5.02 Å². The predicted molar refractivity (Wildman–Crippen MR) is 118 cm³/mol. The van der Waals surface area contributed by atoms with Crippen molar-refractivity contribution in [1.29, 1.82) is 0 Å². The van der Waals surface area contributed by atoms with Crippen molar-refractivity contribution in [3.8, 4) is 22.8 Å². The number of benzene rings is 3. The lowest BCUT2D eigenvalue weighted by atomic mass is 10.1. The van der Waals surface area contributed by atoms with E-state index in [4.69, 9.17) is 21.1 Å². The number of aromatic nitrogens is 2. The molecule has 0 fully saturated rings. The van der Waals surface area contributed by atoms with E-state index in [1.54, 1.807) is 18.2 Å². The Hall–Kier alpha value is -3.77. The summed E-state index contributed by atoms with van der Waals surface area (Å²) >= 11 is 5.93. The van der Waals surface area contributed by atoms with Crippen LogP contribution in [-0.4, -0.2) is 21.3 Å². The molecule has 1 heterocycles. The molecule has 0 bridgehead atoms. The van der Waals surface area contributed by atoms with Crippen molar-refractivity contribution in [3.05, 3.63) is 101 Å². The van der Waals surface area contributed by atoms with Crippen LogP contribution in [0.3, 0.4) is 0 Å². The molecule has 0 unspecified atom stereocenters. The zero-order valence-corrected chi connectivity index (χ0v) is 17.2. The molecule has 4 rings (SSSR count). The molecule has 31 heavy (non-hydrogen) atoms. The van der Waals surface area contributed by atoms with Crippen molar-refractivity contribution in [2.45, 2.75) is 13.2 Å². The number of carboxylic acids is 1. The van der Waals surface area contributed by atoms with Gasteiger partial charge in [-0.15, -0.1) is 0 Å². The maximum Gasteiger partial charge on any atom is 0.353 e. The molecule has 0 atom stereocenters. The lowest BCUT2D eigenvalue weighted by Crippen LogP contribution is -1.99. The number of carbonyl (C=O) groups is 1. The van der Waals surface area contributed by atoms with E-state index in [0.29, 0.717) is 41.0 Å². The number of rotatable bonds is 8. The third-order valence-corrected chi connectivity index (χ3v) is 4.85. The standard InChI is InChI=1S/C24H19ClN2O4/c25-18-8-6-17(7-9-18)14-30-19-10-11-20(21-13-22(24(28)29)27-26-21)23(12-19)31-15-16-4-2-1-3-5-16/h1-13H,14-15H2,(H,26,27)(H,28,29). The Labute approximate surface area is 184 Å². The van der Waals surface area contributed by atoms with E-state index in [1.165, 1.54) is 6.07 Å². The number of H-pyrrole nitrogens is 1. The van der Waals surface area contributed by atoms with Gasteiger partial charge in [-0.05, 0) is 41.5 Å². The fourth-order valence-corrected chi connectivity index (χ4v) is 3.10. The van der Waals surface area contributed by atoms with E-state index in [1.807, 2.05) is 54.6 Å². The summed E-state index contributed by atoms with van der Waals surface area (Å²) in [6.45, 7) is 0.727. The van der Waals surface area contributed by atoms with E-state index in [-0.39, 0.29) is 5.69 Å². The minimum atomic E-state index is -1.08. The second-order valence-electron chi connectivity index (χ2n) is 6.82. The third kappa shape index (κ3) is 5.24. The highest BCUT2D eigenvalue weighted by molar-refractivity contribution is 6.30. The highest BCUT2D eigenvalue weighted by Crippen LogP contribution is 2.34. The Balaban J connectivity index is 1.58. The van der Waals surface area contributed by atoms with Gasteiger partial charge in [-0.3, -0.25) is 5.10 Å². The molecule has 0 aliphatic carbocycles. The maximum atomic E-state index is 11.2. The van der Waals surface area contributed by atoms with E-state index in [9.17, 15) is 9.90 Å². The molecule has 0 saturated heterocycles. The van der Waals surface area contributed by atoms with Crippen LogP contribution in [0, 0.1) is 0 Å². The number of ether oxygens (including phenoxy) is 2. The smallest absolute Gasteiger partial charge is 0.353 e. The topological polar surface area (TPSA) is 84.4 Å². The van der Waals surface area contributed by atoms with E-state index in [0.717, 1.165) is 11.1 Å². The Morgan fingerprint density at radius 1 is 0.903 bits per heavy atom. The fraction of sp³-hybridized carbons (Fsp3) is 0.0833. The SMILES string of the molecule is O=C(O)c1cc(-c2ccc(OCc3ccc(Cl)cc3)cc2OCc2ccccc2)n[nH]1. The molecule has 0 amide bonds. The summed E-state index contributed by atoms with van der Waals surface area (Å²) in [4.78, 5) is 11.2.